The summed E-state index contributed by atoms with van der Waals surface area (Å²) in [5.74, 6) is -2.10. The summed E-state index contributed by atoms with van der Waals surface area (Å²) in [5.41, 5.74) is 7.29. The van der Waals surface area contributed by atoms with Gasteiger partial charge in [-0.25, -0.2) is 0 Å². The Hall–Kier alpha value is -2.32. The molecule has 0 spiro atoms. The van der Waals surface area contributed by atoms with Gasteiger partial charge in [-0.05, 0) is 38.7 Å². The maximum Gasteiger partial charge on any atom is 0.453 e. The van der Waals surface area contributed by atoms with Gasteiger partial charge in [-0.15, -0.1) is 5.10 Å². The molecule has 6 nitrogen and oxygen atoms in total. The largest absolute Gasteiger partial charge is 0.453 e. The molecule has 0 bridgehead atoms. The van der Waals surface area contributed by atoms with Crippen molar-refractivity contribution in [3.05, 3.63) is 28.8 Å². The van der Waals surface area contributed by atoms with Crippen molar-refractivity contribution in [2.75, 3.05) is 5.73 Å². The van der Waals surface area contributed by atoms with Crippen LogP contribution in [0, 0.1) is 19.8 Å². The van der Waals surface area contributed by atoms with Crippen molar-refractivity contribution in [1.82, 2.24) is 19.3 Å². The first-order chi connectivity index (χ1) is 10.7. The third-order valence-electron chi connectivity index (χ3n) is 4.02. The Balaban J connectivity index is 1.96. The maximum absolute atomic E-state index is 12.6. The lowest BCUT2D eigenvalue weighted by Gasteiger charge is -2.08. The molecule has 3 rings (SSSR count). The quantitative estimate of drug-likeness (QED) is 0.939. The number of aryl methyl sites for hydroxylation is 1. The average Bonchev–Trinajstić information content (AvgIpc) is 3.12. The fourth-order valence-electron chi connectivity index (χ4n) is 2.57. The van der Waals surface area contributed by atoms with E-state index >= 15 is 0 Å². The van der Waals surface area contributed by atoms with Crippen molar-refractivity contribution >= 4 is 11.9 Å². The van der Waals surface area contributed by atoms with Crippen molar-refractivity contribution in [2.24, 2.45) is 5.92 Å². The first-order valence-electron chi connectivity index (χ1n) is 7.19. The molecule has 1 fully saturated rings. The Morgan fingerprint density at radius 2 is 2.04 bits per heavy atom. The van der Waals surface area contributed by atoms with E-state index in [1.165, 1.54) is 0 Å². The number of rotatable bonds is 3. The highest BCUT2D eigenvalue weighted by atomic mass is 19.4. The fourth-order valence-corrected chi connectivity index (χ4v) is 2.57. The van der Waals surface area contributed by atoms with Gasteiger partial charge in [-0.3, -0.25) is 4.79 Å². The first kappa shape index (κ1) is 15.6. The summed E-state index contributed by atoms with van der Waals surface area (Å²) in [5, 5.41) is 3.21. The minimum Gasteiger partial charge on any atom is -0.368 e. The van der Waals surface area contributed by atoms with Crippen LogP contribution < -0.4 is 5.73 Å². The number of nitrogens with two attached hydrogens (primary N) is 1. The Morgan fingerprint density at radius 3 is 2.57 bits per heavy atom. The van der Waals surface area contributed by atoms with Gasteiger partial charge in [0.1, 0.15) is 0 Å². The van der Waals surface area contributed by atoms with E-state index in [1.54, 1.807) is 13.0 Å². The van der Waals surface area contributed by atoms with Crippen LogP contribution in [-0.2, 0) is 12.7 Å². The molecule has 0 aromatic carbocycles. The predicted octanol–water partition coefficient (Wildman–Crippen LogP) is 2.40. The van der Waals surface area contributed by atoms with Crippen LogP contribution in [-0.4, -0.2) is 25.2 Å². The van der Waals surface area contributed by atoms with E-state index in [0.717, 1.165) is 25.1 Å². The molecule has 2 heterocycles. The molecule has 0 unspecified atom stereocenters. The zero-order chi connectivity index (χ0) is 16.9. The fraction of sp³-hybridized carbons (Fsp3) is 0.500. The SMILES string of the molecule is Cc1cc(C(=O)n2nc(C(F)(F)F)nc2N)c(C)n1CC1CC1. The van der Waals surface area contributed by atoms with E-state index in [2.05, 4.69) is 10.1 Å². The highest BCUT2D eigenvalue weighted by molar-refractivity contribution is 5.98. The zero-order valence-corrected chi connectivity index (χ0v) is 12.7. The van der Waals surface area contributed by atoms with Gasteiger partial charge in [0.25, 0.3) is 11.7 Å². The summed E-state index contributed by atoms with van der Waals surface area (Å²) in [7, 11) is 0. The van der Waals surface area contributed by atoms with Crippen molar-refractivity contribution in [1.29, 1.82) is 0 Å². The molecule has 0 atom stereocenters. The highest BCUT2D eigenvalue weighted by Crippen LogP contribution is 2.32. The number of carbonyl (C=O) groups excluding carboxylic acids is 1. The van der Waals surface area contributed by atoms with Gasteiger partial charge < -0.3 is 10.3 Å². The minimum atomic E-state index is -4.75. The molecule has 23 heavy (non-hydrogen) atoms. The normalized spacial score (nSPS) is 15.2. The molecule has 2 N–H and O–H groups in total. The van der Waals surface area contributed by atoms with Crippen LogP contribution in [0.3, 0.4) is 0 Å². The smallest absolute Gasteiger partial charge is 0.368 e. The van der Waals surface area contributed by atoms with Crippen LogP contribution in [0.1, 0.15) is 40.4 Å². The lowest BCUT2D eigenvalue weighted by molar-refractivity contribution is -0.144. The van der Waals surface area contributed by atoms with Gasteiger partial charge in [-0.1, -0.05) is 0 Å². The van der Waals surface area contributed by atoms with Gasteiger partial charge >= 0.3 is 6.18 Å². The van der Waals surface area contributed by atoms with Crippen molar-refractivity contribution in [3.63, 3.8) is 0 Å². The Bertz CT molecular complexity index is 770. The van der Waals surface area contributed by atoms with Crippen LogP contribution in [0.15, 0.2) is 6.07 Å². The van der Waals surface area contributed by atoms with E-state index in [-0.39, 0.29) is 5.56 Å². The number of aromatic nitrogens is 4. The van der Waals surface area contributed by atoms with E-state index < -0.39 is 23.9 Å². The van der Waals surface area contributed by atoms with Gasteiger partial charge in [-0.2, -0.15) is 22.8 Å². The van der Waals surface area contributed by atoms with Crippen molar-refractivity contribution in [2.45, 2.75) is 39.4 Å². The number of nitrogens with zero attached hydrogens (tertiary/aromatic N) is 4. The highest BCUT2D eigenvalue weighted by Gasteiger charge is 2.38. The molecule has 1 saturated carbocycles. The third-order valence-corrected chi connectivity index (χ3v) is 4.02. The van der Waals surface area contributed by atoms with E-state index in [9.17, 15) is 18.0 Å². The number of nitrogen functional groups attached to an aromatic ring is 1. The summed E-state index contributed by atoms with van der Waals surface area (Å²) < 4.78 is 40.4. The van der Waals surface area contributed by atoms with E-state index in [0.29, 0.717) is 16.3 Å². The Labute approximate surface area is 130 Å². The predicted molar refractivity (Wildman–Crippen MR) is 75.8 cm³/mol. The number of alkyl halides is 3. The molecule has 124 valence electrons. The summed E-state index contributed by atoms with van der Waals surface area (Å²) in [6.45, 7) is 4.43. The topological polar surface area (TPSA) is 78.7 Å². The average molecular weight is 327 g/mol. The molecule has 0 aliphatic heterocycles. The van der Waals surface area contributed by atoms with Gasteiger partial charge in [0.05, 0.1) is 5.56 Å². The van der Waals surface area contributed by atoms with Crippen LogP contribution >= 0.6 is 0 Å². The Morgan fingerprint density at radius 1 is 1.39 bits per heavy atom. The number of hydrogen-bond acceptors (Lipinski definition) is 4. The second kappa shape index (κ2) is 5.10. The molecule has 2 aromatic rings. The molecule has 9 heteroatoms. The number of halogens is 3. The Kier molecular flexibility index (Phi) is 3.46. The second-order valence-electron chi connectivity index (χ2n) is 5.85. The lowest BCUT2D eigenvalue weighted by atomic mass is 10.2. The lowest BCUT2D eigenvalue weighted by Crippen LogP contribution is -2.18. The van der Waals surface area contributed by atoms with Crippen LogP contribution in [0.4, 0.5) is 19.1 Å². The van der Waals surface area contributed by atoms with Crippen LogP contribution in [0.2, 0.25) is 0 Å². The van der Waals surface area contributed by atoms with Crippen LogP contribution in [0.25, 0.3) is 0 Å². The molecule has 1 aliphatic carbocycles. The number of anilines is 1. The molecule has 0 amide bonds. The second-order valence-corrected chi connectivity index (χ2v) is 5.85. The molecule has 0 saturated heterocycles. The van der Waals surface area contributed by atoms with Crippen molar-refractivity contribution < 1.29 is 18.0 Å². The third kappa shape index (κ3) is 2.82. The molecule has 1 aliphatic rings. The van der Waals surface area contributed by atoms with E-state index in [1.807, 2.05) is 11.5 Å². The molecule has 0 radical (unpaired) electrons. The minimum absolute atomic E-state index is 0.286. The van der Waals surface area contributed by atoms with Gasteiger partial charge in [0.15, 0.2) is 0 Å². The van der Waals surface area contributed by atoms with Crippen molar-refractivity contribution in [3.8, 4) is 0 Å². The number of hydrogen-bond donors (Lipinski definition) is 1. The molecule has 2 aromatic heterocycles. The molecular weight excluding hydrogens is 311 g/mol. The maximum atomic E-state index is 12.6. The molecular formula is C14H16F3N5O. The van der Waals surface area contributed by atoms with Crippen LogP contribution in [0.5, 0.6) is 0 Å². The summed E-state index contributed by atoms with van der Waals surface area (Å²) in [6, 6.07) is 1.65. The first-order valence-corrected chi connectivity index (χ1v) is 7.19. The van der Waals surface area contributed by atoms with E-state index in [4.69, 9.17) is 5.73 Å². The zero-order valence-electron chi connectivity index (χ0n) is 12.7. The monoisotopic (exact) mass is 327 g/mol. The summed E-state index contributed by atoms with van der Waals surface area (Å²) in [4.78, 5) is 15.6. The standard InChI is InChI=1S/C14H16F3N5O/c1-7-5-10(8(2)21(7)6-9-3-4-9)11(23)22-13(18)19-12(20-22)14(15,16)17/h5,9H,3-4,6H2,1-2H3,(H2,18,19,20). The van der Waals surface area contributed by atoms with Gasteiger partial charge in [0.2, 0.25) is 5.95 Å². The number of carbonyl (C=O) groups is 1. The van der Waals surface area contributed by atoms with Gasteiger partial charge in [0, 0.05) is 17.9 Å². The summed E-state index contributed by atoms with van der Waals surface area (Å²) in [6.07, 6.45) is -2.43. The summed E-state index contributed by atoms with van der Waals surface area (Å²) >= 11 is 0.